The average Bonchev–Trinajstić information content (AvgIpc) is 3.52. The van der Waals surface area contributed by atoms with E-state index < -0.39 is 17.6 Å². The number of benzene rings is 1. The zero-order valence-electron chi connectivity index (χ0n) is 19.4. The van der Waals surface area contributed by atoms with Crippen molar-refractivity contribution in [3.05, 3.63) is 48.9 Å². The fourth-order valence-electron chi connectivity index (χ4n) is 4.40. The van der Waals surface area contributed by atoms with E-state index in [1.807, 2.05) is 30.3 Å². The molecule has 186 valence electrons. The number of nitrogens with one attached hydrogen (secondary N) is 2. The van der Waals surface area contributed by atoms with Crippen molar-refractivity contribution >= 4 is 22.8 Å². The second kappa shape index (κ2) is 8.86. The minimum absolute atomic E-state index is 0.0743. The zero-order chi connectivity index (χ0) is 25.5. The van der Waals surface area contributed by atoms with Gasteiger partial charge in [-0.15, -0.1) is 0 Å². The van der Waals surface area contributed by atoms with Crippen LogP contribution in [0.15, 0.2) is 48.9 Å². The predicted octanol–water partition coefficient (Wildman–Crippen LogP) is 3.72. The van der Waals surface area contributed by atoms with Crippen molar-refractivity contribution < 1.29 is 22.7 Å². The van der Waals surface area contributed by atoms with E-state index in [9.17, 15) is 18.0 Å². The highest BCUT2D eigenvalue weighted by Gasteiger charge is 2.61. The number of aryl methyl sites for hydroxylation is 1. The van der Waals surface area contributed by atoms with Crippen molar-refractivity contribution in [2.75, 3.05) is 19.0 Å². The Hall–Kier alpha value is -4.06. The summed E-state index contributed by atoms with van der Waals surface area (Å²) in [6.45, 7) is 0.0798. The number of fused-ring (bicyclic) bond motifs is 1. The number of carbonyl (C=O) groups excluding carboxylic acids is 1. The Morgan fingerprint density at radius 3 is 2.64 bits per heavy atom. The van der Waals surface area contributed by atoms with Crippen LogP contribution < -0.4 is 15.4 Å². The monoisotopic (exact) mass is 497 g/mol. The van der Waals surface area contributed by atoms with Crippen LogP contribution in [0.4, 0.5) is 19.0 Å². The number of aromatic nitrogens is 5. The second-order valence-corrected chi connectivity index (χ2v) is 8.45. The molecule has 1 fully saturated rings. The first-order valence-corrected chi connectivity index (χ1v) is 11.2. The van der Waals surface area contributed by atoms with Crippen LogP contribution in [0.1, 0.15) is 12.8 Å². The van der Waals surface area contributed by atoms with Gasteiger partial charge >= 0.3 is 6.18 Å². The molecule has 9 nitrogen and oxygen atoms in total. The van der Waals surface area contributed by atoms with Crippen molar-refractivity contribution in [3.63, 3.8) is 0 Å². The molecule has 36 heavy (non-hydrogen) atoms. The Morgan fingerprint density at radius 1 is 1.19 bits per heavy atom. The molecule has 1 saturated heterocycles. The molecule has 5 rings (SSSR count). The summed E-state index contributed by atoms with van der Waals surface area (Å²) in [6.07, 6.45) is -1.80. The first-order valence-electron chi connectivity index (χ1n) is 11.2. The molecule has 4 heterocycles. The fourth-order valence-corrected chi connectivity index (χ4v) is 4.40. The van der Waals surface area contributed by atoms with E-state index in [0.717, 1.165) is 5.56 Å². The van der Waals surface area contributed by atoms with E-state index in [1.54, 1.807) is 17.9 Å². The predicted molar refractivity (Wildman–Crippen MR) is 126 cm³/mol. The van der Waals surface area contributed by atoms with Gasteiger partial charge in [-0.3, -0.25) is 14.8 Å². The van der Waals surface area contributed by atoms with Crippen molar-refractivity contribution in [1.82, 2.24) is 30.0 Å². The molecule has 12 heteroatoms. The topological polar surface area (TPSA) is 107 Å². The van der Waals surface area contributed by atoms with E-state index in [1.165, 1.54) is 19.5 Å². The van der Waals surface area contributed by atoms with Gasteiger partial charge in [-0.1, -0.05) is 30.3 Å². The molecule has 4 aromatic rings. The zero-order valence-corrected chi connectivity index (χ0v) is 19.4. The maximum atomic E-state index is 13.9. The van der Waals surface area contributed by atoms with Gasteiger partial charge in [0, 0.05) is 30.4 Å². The highest BCUT2D eigenvalue weighted by molar-refractivity contribution is 6.01. The second-order valence-electron chi connectivity index (χ2n) is 8.45. The first-order chi connectivity index (χ1) is 17.2. The summed E-state index contributed by atoms with van der Waals surface area (Å²) in [5, 5.41) is 9.23. The highest BCUT2D eigenvalue weighted by atomic mass is 19.4. The molecular formula is C24H22F3N7O2. The number of anilines is 1. The molecule has 1 atom stereocenters. The molecule has 1 aliphatic heterocycles. The maximum absolute atomic E-state index is 13.9. The third kappa shape index (κ3) is 3.92. The van der Waals surface area contributed by atoms with Gasteiger partial charge < -0.3 is 10.1 Å². The Kier molecular flexibility index (Phi) is 5.83. The largest absolute Gasteiger partial charge is 0.493 e. The number of methoxy groups -OCH3 is 1. The third-order valence-electron chi connectivity index (χ3n) is 6.19. The quantitative estimate of drug-likeness (QED) is 0.433. The Labute approximate surface area is 203 Å². The normalized spacial score (nSPS) is 17.9. The van der Waals surface area contributed by atoms with Crippen molar-refractivity contribution in [1.29, 1.82) is 0 Å². The maximum Gasteiger partial charge on any atom is 0.415 e. The van der Waals surface area contributed by atoms with Gasteiger partial charge in [-0.25, -0.2) is 15.0 Å². The highest BCUT2D eigenvalue weighted by Crippen LogP contribution is 2.39. The van der Waals surface area contributed by atoms with Crippen LogP contribution >= 0.6 is 0 Å². The minimum Gasteiger partial charge on any atom is -0.493 e. The van der Waals surface area contributed by atoms with Crippen LogP contribution in [0, 0.1) is 0 Å². The van der Waals surface area contributed by atoms with Gasteiger partial charge in [-0.2, -0.15) is 18.3 Å². The van der Waals surface area contributed by atoms with Gasteiger partial charge in [0.1, 0.15) is 23.2 Å². The van der Waals surface area contributed by atoms with Crippen LogP contribution in [0.3, 0.4) is 0 Å². The van der Waals surface area contributed by atoms with Gasteiger partial charge in [0.05, 0.1) is 12.6 Å². The van der Waals surface area contributed by atoms with Crippen molar-refractivity contribution in [3.8, 4) is 28.3 Å². The smallest absolute Gasteiger partial charge is 0.415 e. The van der Waals surface area contributed by atoms with Gasteiger partial charge in [-0.05, 0) is 19.4 Å². The summed E-state index contributed by atoms with van der Waals surface area (Å²) >= 11 is 0. The van der Waals surface area contributed by atoms with Crippen LogP contribution in [0.5, 0.6) is 5.75 Å². The summed E-state index contributed by atoms with van der Waals surface area (Å²) < 4.78 is 48.6. The summed E-state index contributed by atoms with van der Waals surface area (Å²) in [5.74, 6) is -1.33. The van der Waals surface area contributed by atoms with Gasteiger partial charge in [0.25, 0.3) is 5.91 Å². The standard InChI is InChI=1S/C24H22F3N7O2/c1-34-12-15(18(33-34)14-7-4-3-5-8-14)19-20-16(28-13-29-19)11-17(36-2)21(31-20)32-22(35)23(24(25,26)27)9-6-10-30-23/h3-5,7-8,11-13,30H,6,9-10H2,1-2H3,(H,31,32,35). The lowest BCUT2D eigenvalue weighted by molar-refractivity contribution is -0.193. The average molecular weight is 497 g/mol. The number of rotatable bonds is 5. The van der Waals surface area contributed by atoms with E-state index in [0.29, 0.717) is 22.5 Å². The molecule has 1 aromatic carbocycles. The van der Waals surface area contributed by atoms with E-state index >= 15 is 0 Å². The molecule has 0 bridgehead atoms. The van der Waals surface area contributed by atoms with E-state index in [4.69, 9.17) is 4.74 Å². The van der Waals surface area contributed by atoms with E-state index in [-0.39, 0.29) is 36.5 Å². The number of alkyl halides is 3. The molecule has 2 N–H and O–H groups in total. The van der Waals surface area contributed by atoms with Crippen LogP contribution in [-0.2, 0) is 11.8 Å². The number of carbonyl (C=O) groups is 1. The Morgan fingerprint density at radius 2 is 1.97 bits per heavy atom. The molecule has 3 aromatic heterocycles. The minimum atomic E-state index is -4.79. The number of ether oxygens (including phenoxy) is 1. The van der Waals surface area contributed by atoms with Crippen molar-refractivity contribution in [2.45, 2.75) is 24.6 Å². The number of nitrogens with zero attached hydrogens (tertiary/aromatic N) is 5. The molecule has 1 amide bonds. The summed E-state index contributed by atoms with van der Waals surface area (Å²) in [5.41, 5.74) is 0.522. The number of halogens is 3. The molecule has 0 saturated carbocycles. The Bertz CT molecular complexity index is 1430. The molecule has 1 aliphatic rings. The third-order valence-corrected chi connectivity index (χ3v) is 6.19. The number of amides is 1. The molecular weight excluding hydrogens is 475 g/mol. The van der Waals surface area contributed by atoms with Gasteiger partial charge in [0.15, 0.2) is 17.1 Å². The van der Waals surface area contributed by atoms with Crippen LogP contribution in [0.25, 0.3) is 33.5 Å². The summed E-state index contributed by atoms with van der Waals surface area (Å²) in [6, 6.07) is 11.0. The lowest BCUT2D eigenvalue weighted by Crippen LogP contribution is -2.61. The van der Waals surface area contributed by atoms with Gasteiger partial charge in [0.2, 0.25) is 0 Å². The molecule has 0 radical (unpaired) electrons. The van der Waals surface area contributed by atoms with E-state index in [2.05, 4.69) is 30.7 Å². The lowest BCUT2D eigenvalue weighted by atomic mass is 9.95. The lowest BCUT2D eigenvalue weighted by Gasteiger charge is -2.30. The molecule has 0 aliphatic carbocycles. The molecule has 0 spiro atoms. The fraction of sp³-hybridized carbons (Fsp3) is 0.292. The summed E-state index contributed by atoms with van der Waals surface area (Å²) in [7, 11) is 3.11. The summed E-state index contributed by atoms with van der Waals surface area (Å²) in [4.78, 5) is 26.1. The van der Waals surface area contributed by atoms with Crippen LogP contribution in [-0.4, -0.2) is 56.0 Å². The SMILES string of the molecule is COc1cc2ncnc(-c3cn(C)nc3-c3ccccc3)c2nc1NC(=O)C1(C(F)(F)F)CCCN1. The van der Waals surface area contributed by atoms with Crippen LogP contribution in [0.2, 0.25) is 0 Å². The number of hydrogen-bond donors (Lipinski definition) is 2. The number of pyridine rings is 1. The molecule has 1 unspecified atom stereocenters. The number of hydrogen-bond acceptors (Lipinski definition) is 7. The Balaban J connectivity index is 1.63. The first kappa shape index (κ1) is 23.7. The van der Waals surface area contributed by atoms with Crippen molar-refractivity contribution in [2.24, 2.45) is 7.05 Å².